The highest BCUT2D eigenvalue weighted by molar-refractivity contribution is 5.75. The molecule has 118 valence electrons. The van der Waals surface area contributed by atoms with Gasteiger partial charge in [0.1, 0.15) is 17.4 Å². The summed E-state index contributed by atoms with van der Waals surface area (Å²) in [5.41, 5.74) is 4.82. The summed E-state index contributed by atoms with van der Waals surface area (Å²) >= 11 is 0. The normalized spacial score (nSPS) is 13.3. The molecule has 1 aromatic carbocycles. The fourth-order valence-corrected chi connectivity index (χ4v) is 3.39. The van der Waals surface area contributed by atoms with E-state index in [0.717, 1.165) is 48.3 Å². The highest BCUT2D eigenvalue weighted by Crippen LogP contribution is 2.37. The lowest BCUT2D eigenvalue weighted by Crippen LogP contribution is -2.14. The maximum absolute atomic E-state index is 12.1. The van der Waals surface area contributed by atoms with Gasteiger partial charge in [-0.05, 0) is 68.4 Å². The van der Waals surface area contributed by atoms with Crippen LogP contribution < -0.4 is 10.3 Å². The van der Waals surface area contributed by atoms with E-state index in [2.05, 4.69) is 11.1 Å². The third-order valence-corrected chi connectivity index (χ3v) is 4.36. The number of benzene rings is 1. The Balaban J connectivity index is 2.26. The summed E-state index contributed by atoms with van der Waals surface area (Å²) in [5.74, 6) is 0.936. The second-order valence-corrected chi connectivity index (χ2v) is 5.89. The van der Waals surface area contributed by atoms with Gasteiger partial charge < -0.3 is 9.72 Å². The molecule has 1 aliphatic rings. The summed E-state index contributed by atoms with van der Waals surface area (Å²) in [6.07, 6.45) is 4.22. The van der Waals surface area contributed by atoms with E-state index in [-0.39, 0.29) is 11.1 Å². The lowest BCUT2D eigenvalue weighted by Gasteiger charge is -2.23. The molecule has 1 aliphatic carbocycles. The summed E-state index contributed by atoms with van der Waals surface area (Å²) < 4.78 is 5.77. The van der Waals surface area contributed by atoms with Gasteiger partial charge in [0, 0.05) is 11.3 Å². The van der Waals surface area contributed by atoms with Gasteiger partial charge >= 0.3 is 0 Å². The van der Waals surface area contributed by atoms with E-state index in [9.17, 15) is 10.1 Å². The Bertz CT molecular complexity index is 844. The minimum Gasteiger partial charge on any atom is -0.494 e. The van der Waals surface area contributed by atoms with Crippen LogP contribution in [-0.2, 0) is 12.8 Å². The first kappa shape index (κ1) is 15.4. The molecule has 1 heterocycles. The molecule has 1 aromatic heterocycles. The first-order valence-corrected chi connectivity index (χ1v) is 8.07. The van der Waals surface area contributed by atoms with Gasteiger partial charge in [0.15, 0.2) is 0 Å². The Morgan fingerprint density at radius 1 is 1.22 bits per heavy atom. The molecule has 0 atom stereocenters. The number of fused-ring (bicyclic) bond motifs is 1. The quantitative estimate of drug-likeness (QED) is 0.943. The van der Waals surface area contributed by atoms with Crippen LogP contribution in [-0.4, -0.2) is 11.6 Å². The van der Waals surface area contributed by atoms with E-state index in [1.54, 1.807) is 0 Å². The summed E-state index contributed by atoms with van der Waals surface area (Å²) in [6, 6.07) is 7.92. The summed E-state index contributed by atoms with van der Waals surface area (Å²) in [4.78, 5) is 14.8. The number of ether oxygens (including phenoxy) is 1. The molecule has 0 amide bonds. The van der Waals surface area contributed by atoms with Crippen molar-refractivity contribution in [3.05, 3.63) is 50.9 Å². The minimum atomic E-state index is -0.319. The first-order chi connectivity index (χ1) is 11.2. The van der Waals surface area contributed by atoms with E-state index in [1.165, 1.54) is 11.1 Å². The standard InChI is InChI=1S/C19H20N2O2/c1-3-23-18-9-8-14(13-6-4-5-7-15(13)18)16-10-12(2)21-19(22)17(16)11-20/h8-10H,3-7H2,1-2H3,(H,21,22). The van der Waals surface area contributed by atoms with Crippen molar-refractivity contribution in [3.8, 4) is 22.9 Å². The van der Waals surface area contributed by atoms with Crippen molar-refractivity contribution in [2.24, 2.45) is 0 Å². The molecule has 0 fully saturated rings. The van der Waals surface area contributed by atoms with Crippen LogP contribution in [0.25, 0.3) is 11.1 Å². The van der Waals surface area contributed by atoms with Gasteiger partial charge in [-0.1, -0.05) is 6.07 Å². The van der Waals surface area contributed by atoms with Crippen LogP contribution in [0.1, 0.15) is 42.1 Å². The second-order valence-electron chi connectivity index (χ2n) is 5.89. The lowest BCUT2D eigenvalue weighted by molar-refractivity contribution is 0.334. The fraction of sp³-hybridized carbons (Fsp3) is 0.368. The highest BCUT2D eigenvalue weighted by Gasteiger charge is 2.21. The molecular formula is C19H20N2O2. The highest BCUT2D eigenvalue weighted by atomic mass is 16.5. The van der Waals surface area contributed by atoms with Gasteiger partial charge in [-0.2, -0.15) is 5.26 Å². The second kappa shape index (κ2) is 6.29. The van der Waals surface area contributed by atoms with Crippen LogP contribution in [0.2, 0.25) is 0 Å². The van der Waals surface area contributed by atoms with E-state index < -0.39 is 0 Å². The third kappa shape index (κ3) is 2.75. The molecule has 1 N–H and O–H groups in total. The topological polar surface area (TPSA) is 65.9 Å². The van der Waals surface area contributed by atoms with E-state index in [4.69, 9.17) is 4.74 Å². The largest absolute Gasteiger partial charge is 0.494 e. The maximum Gasteiger partial charge on any atom is 0.266 e. The molecule has 4 nitrogen and oxygen atoms in total. The molecule has 0 saturated carbocycles. The van der Waals surface area contributed by atoms with Crippen molar-refractivity contribution >= 4 is 0 Å². The number of aromatic nitrogens is 1. The summed E-state index contributed by atoms with van der Waals surface area (Å²) in [5, 5.41) is 9.40. The van der Waals surface area contributed by atoms with Crippen LogP contribution in [0.15, 0.2) is 23.0 Å². The Labute approximate surface area is 135 Å². The number of aryl methyl sites for hydroxylation is 1. The Morgan fingerprint density at radius 2 is 1.96 bits per heavy atom. The summed E-state index contributed by atoms with van der Waals surface area (Å²) in [7, 11) is 0. The molecule has 0 saturated heterocycles. The third-order valence-electron chi connectivity index (χ3n) is 4.36. The predicted molar refractivity (Wildman–Crippen MR) is 89.8 cm³/mol. The number of H-pyrrole nitrogens is 1. The number of nitrogens with one attached hydrogen (secondary N) is 1. The lowest BCUT2D eigenvalue weighted by atomic mass is 9.84. The SMILES string of the molecule is CCOc1ccc(-c2cc(C)[nH]c(=O)c2C#N)c2c1CCCC2. The molecule has 2 aromatic rings. The molecule has 0 bridgehead atoms. The van der Waals surface area contributed by atoms with E-state index in [1.807, 2.05) is 32.0 Å². The van der Waals surface area contributed by atoms with Crippen LogP contribution in [0.5, 0.6) is 5.75 Å². The molecule has 0 radical (unpaired) electrons. The minimum absolute atomic E-state index is 0.188. The van der Waals surface area contributed by atoms with Gasteiger partial charge in [-0.25, -0.2) is 0 Å². The van der Waals surface area contributed by atoms with Crippen molar-refractivity contribution in [2.75, 3.05) is 6.61 Å². The Hall–Kier alpha value is -2.54. The maximum atomic E-state index is 12.1. The van der Waals surface area contributed by atoms with Gasteiger partial charge in [-0.3, -0.25) is 4.79 Å². The first-order valence-electron chi connectivity index (χ1n) is 8.07. The number of hydrogen-bond acceptors (Lipinski definition) is 3. The summed E-state index contributed by atoms with van der Waals surface area (Å²) in [6.45, 7) is 4.46. The molecular weight excluding hydrogens is 288 g/mol. The van der Waals surface area contributed by atoms with E-state index in [0.29, 0.717) is 6.61 Å². The average molecular weight is 308 g/mol. The van der Waals surface area contributed by atoms with Crippen LogP contribution >= 0.6 is 0 Å². The number of nitrogens with zero attached hydrogens (tertiary/aromatic N) is 1. The Morgan fingerprint density at radius 3 is 2.65 bits per heavy atom. The van der Waals surface area contributed by atoms with Crippen LogP contribution in [0, 0.1) is 18.3 Å². The number of nitriles is 1. The van der Waals surface area contributed by atoms with Crippen molar-refractivity contribution in [1.82, 2.24) is 4.98 Å². The fourth-order valence-electron chi connectivity index (χ4n) is 3.39. The Kier molecular flexibility index (Phi) is 4.20. The average Bonchev–Trinajstić information content (AvgIpc) is 2.55. The monoisotopic (exact) mass is 308 g/mol. The zero-order valence-corrected chi connectivity index (χ0v) is 13.5. The predicted octanol–water partition coefficient (Wildman–Crippen LogP) is 3.50. The number of rotatable bonds is 3. The number of pyridine rings is 1. The molecule has 0 spiro atoms. The van der Waals surface area contributed by atoms with Crippen molar-refractivity contribution in [3.63, 3.8) is 0 Å². The molecule has 23 heavy (non-hydrogen) atoms. The van der Waals surface area contributed by atoms with Gasteiger partial charge in [-0.15, -0.1) is 0 Å². The number of aromatic amines is 1. The number of hydrogen-bond donors (Lipinski definition) is 1. The van der Waals surface area contributed by atoms with E-state index >= 15 is 0 Å². The molecule has 3 rings (SSSR count). The molecule has 4 heteroatoms. The van der Waals surface area contributed by atoms with Crippen LogP contribution in [0.3, 0.4) is 0 Å². The molecule has 0 unspecified atom stereocenters. The smallest absolute Gasteiger partial charge is 0.266 e. The van der Waals surface area contributed by atoms with Crippen LogP contribution in [0.4, 0.5) is 0 Å². The van der Waals surface area contributed by atoms with Gasteiger partial charge in [0.05, 0.1) is 6.61 Å². The zero-order valence-electron chi connectivity index (χ0n) is 13.5. The van der Waals surface area contributed by atoms with Gasteiger partial charge in [0.25, 0.3) is 5.56 Å². The zero-order chi connectivity index (χ0) is 16.4. The van der Waals surface area contributed by atoms with Crippen molar-refractivity contribution in [2.45, 2.75) is 39.5 Å². The van der Waals surface area contributed by atoms with Crippen molar-refractivity contribution in [1.29, 1.82) is 5.26 Å². The van der Waals surface area contributed by atoms with Crippen molar-refractivity contribution < 1.29 is 4.74 Å². The van der Waals surface area contributed by atoms with Gasteiger partial charge in [0.2, 0.25) is 0 Å². The molecule has 0 aliphatic heterocycles.